The maximum Gasteiger partial charge on any atom is 0.411 e. The van der Waals surface area contributed by atoms with Gasteiger partial charge in [0.25, 0.3) is 0 Å². The molecule has 2 amide bonds. The highest BCUT2D eigenvalue weighted by atomic mass is 19.4. The first-order valence-corrected chi connectivity index (χ1v) is 11.2. The van der Waals surface area contributed by atoms with Gasteiger partial charge < -0.3 is 10.1 Å². The molecule has 2 aromatic rings. The Hall–Kier alpha value is -3.15. The van der Waals surface area contributed by atoms with Crippen LogP contribution in [0.1, 0.15) is 40.3 Å². The number of piperazine rings is 1. The predicted molar refractivity (Wildman–Crippen MR) is 122 cm³/mol. The van der Waals surface area contributed by atoms with Crippen molar-refractivity contribution in [2.24, 2.45) is 0 Å². The van der Waals surface area contributed by atoms with Crippen LogP contribution < -0.4 is 5.32 Å². The Labute approximate surface area is 202 Å². The van der Waals surface area contributed by atoms with Gasteiger partial charge in [0.15, 0.2) is 0 Å². The van der Waals surface area contributed by atoms with Crippen molar-refractivity contribution >= 4 is 12.0 Å². The number of ether oxygens (including phenoxy) is 1. The number of alkyl halides is 3. The molecule has 0 saturated carbocycles. The molecular formula is C23H31F3N6O3. The molecule has 35 heavy (non-hydrogen) atoms. The molecule has 1 N–H and O–H groups in total. The smallest absolute Gasteiger partial charge is 0.411 e. The van der Waals surface area contributed by atoms with Gasteiger partial charge in [0.1, 0.15) is 18.2 Å². The van der Waals surface area contributed by atoms with Crippen molar-refractivity contribution in [1.29, 1.82) is 0 Å². The number of nitrogens with one attached hydrogen (secondary N) is 1. The van der Waals surface area contributed by atoms with Crippen LogP contribution in [0.15, 0.2) is 36.8 Å². The van der Waals surface area contributed by atoms with Gasteiger partial charge in [-0.1, -0.05) is 0 Å². The number of hydrogen-bond donors (Lipinski definition) is 1. The van der Waals surface area contributed by atoms with E-state index in [0.717, 1.165) is 5.69 Å². The van der Waals surface area contributed by atoms with Crippen LogP contribution in [0, 0.1) is 0 Å². The van der Waals surface area contributed by atoms with E-state index in [4.69, 9.17) is 4.74 Å². The molecule has 192 valence electrons. The summed E-state index contributed by atoms with van der Waals surface area (Å²) in [4.78, 5) is 32.8. The van der Waals surface area contributed by atoms with Gasteiger partial charge in [-0.15, -0.1) is 0 Å². The van der Waals surface area contributed by atoms with Crippen molar-refractivity contribution in [3.63, 3.8) is 0 Å². The Morgan fingerprint density at radius 1 is 1.14 bits per heavy atom. The van der Waals surface area contributed by atoms with Gasteiger partial charge in [0, 0.05) is 32.0 Å². The predicted octanol–water partition coefficient (Wildman–Crippen LogP) is 3.10. The Kier molecular flexibility index (Phi) is 7.44. The van der Waals surface area contributed by atoms with Crippen molar-refractivity contribution in [2.45, 2.75) is 58.0 Å². The molecule has 2 aromatic heterocycles. The number of halogens is 3. The van der Waals surface area contributed by atoms with E-state index in [-0.39, 0.29) is 13.1 Å². The fourth-order valence-corrected chi connectivity index (χ4v) is 3.80. The summed E-state index contributed by atoms with van der Waals surface area (Å²) in [6.45, 7) is 7.87. The zero-order valence-corrected chi connectivity index (χ0v) is 20.5. The molecule has 0 unspecified atom stereocenters. The lowest BCUT2D eigenvalue weighted by Crippen LogP contribution is -2.64. The second-order valence-corrected chi connectivity index (χ2v) is 9.88. The summed E-state index contributed by atoms with van der Waals surface area (Å²) >= 11 is 0. The Bertz CT molecular complexity index is 1030. The third-order valence-electron chi connectivity index (χ3n) is 5.69. The molecule has 1 aliphatic rings. The fraction of sp³-hybridized carbons (Fsp3) is 0.565. The van der Waals surface area contributed by atoms with Gasteiger partial charge in [-0.2, -0.15) is 18.3 Å². The topological polar surface area (TPSA) is 92.6 Å². The molecule has 1 aliphatic heterocycles. The van der Waals surface area contributed by atoms with Crippen LogP contribution in [0.3, 0.4) is 0 Å². The summed E-state index contributed by atoms with van der Waals surface area (Å²) in [5, 5.41) is 6.56. The van der Waals surface area contributed by atoms with Gasteiger partial charge in [-0.25, -0.2) is 9.48 Å². The van der Waals surface area contributed by atoms with Crippen LogP contribution in [0.25, 0.3) is 5.69 Å². The molecule has 0 aromatic carbocycles. The summed E-state index contributed by atoms with van der Waals surface area (Å²) in [5.74, 6) is -0.894. The van der Waals surface area contributed by atoms with Crippen LogP contribution in [-0.4, -0.2) is 80.6 Å². The average Bonchev–Trinajstić information content (AvgIpc) is 3.27. The summed E-state index contributed by atoms with van der Waals surface area (Å²) in [6, 6.07) is 4.33. The van der Waals surface area contributed by atoms with Crippen LogP contribution in [0.2, 0.25) is 0 Å². The highest BCUT2D eigenvalue weighted by molar-refractivity contribution is 5.86. The molecule has 0 spiro atoms. The summed E-state index contributed by atoms with van der Waals surface area (Å²) in [7, 11) is 0. The lowest BCUT2D eigenvalue weighted by molar-refractivity contribution is -0.143. The molecule has 1 saturated heterocycles. The van der Waals surface area contributed by atoms with E-state index in [1.54, 1.807) is 50.1 Å². The highest BCUT2D eigenvalue weighted by Gasteiger charge is 2.43. The monoisotopic (exact) mass is 496 g/mol. The minimum absolute atomic E-state index is 0.00961. The first-order chi connectivity index (χ1) is 16.2. The fourth-order valence-electron chi connectivity index (χ4n) is 3.80. The van der Waals surface area contributed by atoms with E-state index in [1.165, 1.54) is 4.90 Å². The number of aromatic nitrogens is 3. The van der Waals surface area contributed by atoms with E-state index in [2.05, 4.69) is 10.1 Å². The molecule has 0 bridgehead atoms. The normalized spacial score (nSPS) is 17.8. The standard InChI is InChI=1S/C23H31F3N6O3/c1-21(2,3)35-20(34)31-12-11-30(14-17(31)19(33)28-15-23(24,25)26)22(4,5)18-8-10-32(29-18)16-7-6-9-27-13-16/h6-10,13,17H,11-12,14-15H2,1-5H3,(H,28,33)/t17-/m0/s1. The van der Waals surface area contributed by atoms with Gasteiger partial charge in [0.2, 0.25) is 5.91 Å². The lowest BCUT2D eigenvalue weighted by atomic mass is 9.95. The maximum absolute atomic E-state index is 12.8. The largest absolute Gasteiger partial charge is 0.444 e. The zero-order valence-electron chi connectivity index (χ0n) is 20.5. The molecule has 9 nitrogen and oxygen atoms in total. The number of nitrogens with zero attached hydrogens (tertiary/aromatic N) is 5. The third kappa shape index (κ3) is 6.71. The summed E-state index contributed by atoms with van der Waals surface area (Å²) in [6.07, 6.45) is -0.198. The van der Waals surface area contributed by atoms with Gasteiger partial charge in [-0.05, 0) is 52.8 Å². The lowest BCUT2D eigenvalue weighted by Gasteiger charge is -2.46. The van der Waals surface area contributed by atoms with E-state index < -0.39 is 41.9 Å². The summed E-state index contributed by atoms with van der Waals surface area (Å²) in [5.41, 5.74) is -0.0365. The van der Waals surface area contributed by atoms with Crippen molar-refractivity contribution in [1.82, 2.24) is 29.9 Å². The van der Waals surface area contributed by atoms with E-state index in [0.29, 0.717) is 12.2 Å². The van der Waals surface area contributed by atoms with Crippen LogP contribution >= 0.6 is 0 Å². The van der Waals surface area contributed by atoms with Crippen LogP contribution in [-0.2, 0) is 15.1 Å². The zero-order chi connectivity index (χ0) is 26.0. The number of rotatable bonds is 5. The van der Waals surface area contributed by atoms with Crippen molar-refractivity contribution in [2.75, 3.05) is 26.2 Å². The molecular weight excluding hydrogens is 465 g/mol. The molecule has 3 heterocycles. The number of amides is 2. The molecule has 0 radical (unpaired) electrons. The van der Waals surface area contributed by atoms with Crippen molar-refractivity contribution in [3.05, 3.63) is 42.5 Å². The van der Waals surface area contributed by atoms with Gasteiger partial charge in [0.05, 0.1) is 23.1 Å². The molecule has 12 heteroatoms. The van der Waals surface area contributed by atoms with Crippen LogP contribution in [0.4, 0.5) is 18.0 Å². The van der Waals surface area contributed by atoms with E-state index in [9.17, 15) is 22.8 Å². The first-order valence-electron chi connectivity index (χ1n) is 11.2. The van der Waals surface area contributed by atoms with Crippen molar-refractivity contribution < 1.29 is 27.5 Å². The van der Waals surface area contributed by atoms with Gasteiger partial charge in [-0.3, -0.25) is 19.6 Å². The number of carbonyl (C=O) groups excluding carboxylic acids is 2. The van der Waals surface area contributed by atoms with E-state index in [1.807, 2.05) is 36.2 Å². The van der Waals surface area contributed by atoms with Crippen molar-refractivity contribution in [3.8, 4) is 5.69 Å². The number of hydrogen-bond acceptors (Lipinski definition) is 6. The Balaban J connectivity index is 1.83. The van der Waals surface area contributed by atoms with E-state index >= 15 is 0 Å². The third-order valence-corrected chi connectivity index (χ3v) is 5.69. The molecule has 3 rings (SSSR count). The first kappa shape index (κ1) is 26.5. The second kappa shape index (κ2) is 9.84. The highest BCUT2D eigenvalue weighted by Crippen LogP contribution is 2.30. The number of carbonyl (C=O) groups is 2. The maximum atomic E-state index is 12.8. The number of pyridine rings is 1. The molecule has 1 atom stereocenters. The minimum atomic E-state index is -4.57. The SMILES string of the molecule is CC(C)(C)OC(=O)N1CCN(C(C)(C)c2ccn(-c3cccnc3)n2)C[C@H]1C(=O)NCC(F)(F)F. The Morgan fingerprint density at radius 3 is 2.46 bits per heavy atom. The average molecular weight is 497 g/mol. The Morgan fingerprint density at radius 2 is 1.86 bits per heavy atom. The van der Waals surface area contributed by atoms with Crippen LogP contribution in [0.5, 0.6) is 0 Å². The minimum Gasteiger partial charge on any atom is -0.444 e. The quantitative estimate of drug-likeness (QED) is 0.684. The molecule has 0 aliphatic carbocycles. The van der Waals surface area contributed by atoms with Gasteiger partial charge >= 0.3 is 12.3 Å². The molecule has 1 fully saturated rings. The summed E-state index contributed by atoms with van der Waals surface area (Å²) < 4.78 is 45.3. The second-order valence-electron chi connectivity index (χ2n) is 9.88.